The predicted octanol–water partition coefficient (Wildman–Crippen LogP) is 3.46. The van der Waals surface area contributed by atoms with E-state index in [2.05, 4.69) is 20.4 Å². The highest BCUT2D eigenvalue weighted by molar-refractivity contribution is 5.81. The molecular formula is C13H22O2. The molecule has 0 aliphatic heterocycles. The van der Waals surface area contributed by atoms with Crippen LogP contribution in [0.15, 0.2) is 12.7 Å². The van der Waals surface area contributed by atoms with Crippen molar-refractivity contribution in [2.24, 2.45) is 5.92 Å². The van der Waals surface area contributed by atoms with Gasteiger partial charge in [-0.3, -0.25) is 0 Å². The average Bonchev–Trinajstić information content (AvgIpc) is 2.17. The van der Waals surface area contributed by atoms with Gasteiger partial charge < -0.3 is 4.74 Å². The number of hydrogen-bond donors (Lipinski definition) is 0. The van der Waals surface area contributed by atoms with Gasteiger partial charge in [-0.05, 0) is 38.0 Å². The molecule has 86 valence electrons. The number of rotatable bonds is 4. The zero-order valence-electron chi connectivity index (χ0n) is 9.92. The lowest BCUT2D eigenvalue weighted by Crippen LogP contribution is -2.38. The first kappa shape index (κ1) is 12.3. The summed E-state index contributed by atoms with van der Waals surface area (Å²) in [6, 6.07) is 0. The summed E-state index contributed by atoms with van der Waals surface area (Å²) in [6.07, 6.45) is 7.92. The molecule has 0 saturated heterocycles. The van der Waals surface area contributed by atoms with Gasteiger partial charge in [0.25, 0.3) is 0 Å². The summed E-state index contributed by atoms with van der Waals surface area (Å²) >= 11 is 0. The summed E-state index contributed by atoms with van der Waals surface area (Å²) < 4.78 is 5.58. The fourth-order valence-corrected chi connectivity index (χ4v) is 2.54. The van der Waals surface area contributed by atoms with Crippen LogP contribution in [-0.2, 0) is 9.53 Å². The van der Waals surface area contributed by atoms with E-state index in [1.165, 1.54) is 25.3 Å². The van der Waals surface area contributed by atoms with Gasteiger partial charge in [-0.2, -0.15) is 0 Å². The Labute approximate surface area is 92.7 Å². The molecule has 0 unspecified atom stereocenters. The highest BCUT2D eigenvalue weighted by atomic mass is 16.6. The van der Waals surface area contributed by atoms with Crippen molar-refractivity contribution in [3.05, 3.63) is 12.7 Å². The van der Waals surface area contributed by atoms with Crippen molar-refractivity contribution >= 4 is 5.97 Å². The maximum absolute atomic E-state index is 11.3. The molecule has 0 aromatic carbocycles. The first-order valence-corrected chi connectivity index (χ1v) is 5.93. The normalized spacial score (nSPS) is 19.9. The molecule has 15 heavy (non-hydrogen) atoms. The van der Waals surface area contributed by atoms with Crippen molar-refractivity contribution < 1.29 is 9.53 Å². The standard InChI is InChI=1S/C13H22O2/c1-4-12(14)15-13(10-11(2)3)8-6-5-7-9-13/h4,11H,1,5-10H2,2-3H3. The average molecular weight is 210 g/mol. The van der Waals surface area contributed by atoms with Gasteiger partial charge in [0.2, 0.25) is 0 Å². The van der Waals surface area contributed by atoms with Crippen LogP contribution in [0.3, 0.4) is 0 Å². The fourth-order valence-electron chi connectivity index (χ4n) is 2.54. The van der Waals surface area contributed by atoms with E-state index in [0.717, 1.165) is 19.3 Å². The molecule has 1 fully saturated rings. The topological polar surface area (TPSA) is 26.3 Å². The molecule has 1 rings (SSSR count). The van der Waals surface area contributed by atoms with Crippen molar-refractivity contribution in [2.45, 2.75) is 58.0 Å². The van der Waals surface area contributed by atoms with Crippen molar-refractivity contribution in [1.82, 2.24) is 0 Å². The van der Waals surface area contributed by atoms with Crippen molar-refractivity contribution in [2.75, 3.05) is 0 Å². The maximum atomic E-state index is 11.3. The molecule has 2 nitrogen and oxygen atoms in total. The number of carbonyl (C=O) groups excluding carboxylic acids is 1. The lowest BCUT2D eigenvalue weighted by Gasteiger charge is -2.37. The lowest BCUT2D eigenvalue weighted by molar-refractivity contribution is -0.159. The Balaban J connectivity index is 2.65. The Morgan fingerprint density at radius 2 is 2.00 bits per heavy atom. The molecule has 0 aromatic heterocycles. The molecule has 1 aliphatic rings. The summed E-state index contributed by atoms with van der Waals surface area (Å²) in [5.74, 6) is 0.304. The second-order valence-electron chi connectivity index (χ2n) is 4.97. The SMILES string of the molecule is C=CC(=O)OC1(CC(C)C)CCCCC1. The van der Waals surface area contributed by atoms with Gasteiger partial charge >= 0.3 is 5.97 Å². The largest absolute Gasteiger partial charge is 0.456 e. The fraction of sp³-hybridized carbons (Fsp3) is 0.769. The van der Waals surface area contributed by atoms with Crippen molar-refractivity contribution in [3.63, 3.8) is 0 Å². The molecule has 0 atom stereocenters. The van der Waals surface area contributed by atoms with Gasteiger partial charge in [0.1, 0.15) is 5.60 Å². The first-order valence-electron chi connectivity index (χ1n) is 5.93. The van der Waals surface area contributed by atoms with Crippen LogP contribution in [0.5, 0.6) is 0 Å². The van der Waals surface area contributed by atoms with Crippen molar-refractivity contribution in [3.8, 4) is 0 Å². The second kappa shape index (κ2) is 5.34. The number of esters is 1. The van der Waals surface area contributed by atoms with E-state index in [-0.39, 0.29) is 11.6 Å². The highest BCUT2D eigenvalue weighted by Crippen LogP contribution is 2.36. The summed E-state index contributed by atoms with van der Waals surface area (Å²) in [7, 11) is 0. The number of carbonyl (C=O) groups is 1. The molecule has 0 radical (unpaired) electrons. The smallest absolute Gasteiger partial charge is 0.330 e. The van der Waals surface area contributed by atoms with Gasteiger partial charge in [-0.1, -0.05) is 26.8 Å². The third kappa shape index (κ3) is 3.69. The molecule has 0 N–H and O–H groups in total. The predicted molar refractivity (Wildman–Crippen MR) is 61.6 cm³/mol. The Kier molecular flexibility index (Phi) is 4.37. The molecule has 0 heterocycles. The molecule has 1 aliphatic carbocycles. The van der Waals surface area contributed by atoms with E-state index in [9.17, 15) is 4.79 Å². The van der Waals surface area contributed by atoms with Crippen LogP contribution < -0.4 is 0 Å². The first-order chi connectivity index (χ1) is 7.08. The van der Waals surface area contributed by atoms with Gasteiger partial charge in [-0.25, -0.2) is 4.79 Å². The Morgan fingerprint density at radius 3 is 2.47 bits per heavy atom. The molecule has 0 aromatic rings. The summed E-state index contributed by atoms with van der Waals surface area (Å²) in [5, 5.41) is 0. The molecule has 0 amide bonds. The minimum absolute atomic E-state index is 0.197. The number of ether oxygens (including phenoxy) is 1. The molecule has 0 spiro atoms. The molecule has 0 bridgehead atoms. The Bertz CT molecular complexity index is 225. The highest BCUT2D eigenvalue weighted by Gasteiger charge is 2.35. The molecular weight excluding hydrogens is 188 g/mol. The third-order valence-corrected chi connectivity index (χ3v) is 3.03. The summed E-state index contributed by atoms with van der Waals surface area (Å²) in [4.78, 5) is 11.3. The van der Waals surface area contributed by atoms with E-state index < -0.39 is 0 Å². The summed E-state index contributed by atoms with van der Waals surface area (Å²) in [6.45, 7) is 7.82. The second-order valence-corrected chi connectivity index (χ2v) is 4.97. The van der Waals surface area contributed by atoms with Gasteiger partial charge in [-0.15, -0.1) is 0 Å². The van der Waals surface area contributed by atoms with E-state index in [1.54, 1.807) is 0 Å². The van der Waals surface area contributed by atoms with E-state index >= 15 is 0 Å². The zero-order valence-corrected chi connectivity index (χ0v) is 9.92. The van der Waals surface area contributed by atoms with Gasteiger partial charge in [0, 0.05) is 6.08 Å². The summed E-state index contributed by atoms with van der Waals surface area (Å²) in [5.41, 5.74) is -0.197. The minimum Gasteiger partial charge on any atom is -0.456 e. The van der Waals surface area contributed by atoms with Crippen LogP contribution >= 0.6 is 0 Å². The van der Waals surface area contributed by atoms with E-state index in [0.29, 0.717) is 5.92 Å². The van der Waals surface area contributed by atoms with Crippen molar-refractivity contribution in [1.29, 1.82) is 0 Å². The minimum atomic E-state index is -0.266. The van der Waals surface area contributed by atoms with Crippen LogP contribution in [0.1, 0.15) is 52.4 Å². The monoisotopic (exact) mass is 210 g/mol. The van der Waals surface area contributed by atoms with E-state index in [1.807, 2.05) is 0 Å². The Morgan fingerprint density at radius 1 is 1.40 bits per heavy atom. The third-order valence-electron chi connectivity index (χ3n) is 3.03. The van der Waals surface area contributed by atoms with Crippen LogP contribution in [0, 0.1) is 5.92 Å². The zero-order chi connectivity index (χ0) is 11.3. The molecule has 2 heteroatoms. The van der Waals surface area contributed by atoms with Crippen LogP contribution in [0.2, 0.25) is 0 Å². The Hall–Kier alpha value is -0.790. The quantitative estimate of drug-likeness (QED) is 0.524. The van der Waals surface area contributed by atoms with Crippen LogP contribution in [-0.4, -0.2) is 11.6 Å². The van der Waals surface area contributed by atoms with Crippen LogP contribution in [0.4, 0.5) is 0 Å². The number of hydrogen-bond acceptors (Lipinski definition) is 2. The van der Waals surface area contributed by atoms with Crippen LogP contribution in [0.25, 0.3) is 0 Å². The van der Waals surface area contributed by atoms with E-state index in [4.69, 9.17) is 4.74 Å². The van der Waals surface area contributed by atoms with Gasteiger partial charge in [0.05, 0.1) is 0 Å². The molecule has 1 saturated carbocycles. The van der Waals surface area contributed by atoms with Gasteiger partial charge in [0.15, 0.2) is 0 Å². The lowest BCUT2D eigenvalue weighted by atomic mass is 9.79. The maximum Gasteiger partial charge on any atom is 0.330 e.